The van der Waals surface area contributed by atoms with E-state index in [0.717, 1.165) is 12.3 Å². The predicted molar refractivity (Wildman–Crippen MR) is 48.1 cm³/mol. The molecule has 0 aromatic carbocycles. The van der Waals surface area contributed by atoms with E-state index < -0.39 is 0 Å². The van der Waals surface area contributed by atoms with Crippen LogP contribution in [-0.2, 0) is 9.53 Å². The predicted octanol–water partition coefficient (Wildman–Crippen LogP) is 2.13. The maximum Gasteiger partial charge on any atom is 0.306 e. The van der Waals surface area contributed by atoms with Gasteiger partial charge in [-0.1, -0.05) is 13.8 Å². The molecule has 0 spiro atoms. The second-order valence-corrected chi connectivity index (χ2v) is 5.46. The zero-order chi connectivity index (χ0) is 9.27. The Hall–Kier alpha value is -0.530. The lowest BCUT2D eigenvalue weighted by molar-refractivity contribution is -0.171. The van der Waals surface area contributed by atoms with Gasteiger partial charge in [0.1, 0.15) is 6.10 Å². The van der Waals surface area contributed by atoms with E-state index >= 15 is 0 Å². The highest BCUT2D eigenvalue weighted by atomic mass is 16.5. The highest BCUT2D eigenvalue weighted by Gasteiger charge is 2.68. The molecule has 2 aliphatic carbocycles. The van der Waals surface area contributed by atoms with Crippen LogP contribution in [0, 0.1) is 16.7 Å². The van der Waals surface area contributed by atoms with Crippen molar-refractivity contribution in [3.63, 3.8) is 0 Å². The van der Waals surface area contributed by atoms with Crippen LogP contribution in [0.2, 0.25) is 0 Å². The standard InChI is InChI=1S/C11H16O2/c1-10-4-3-7-5-8(10)13-9(12)6-11(7,10)2/h7-8H,3-6H2,1-2H3/t7?,8-,10+,11?/m0/s1. The molecule has 72 valence electrons. The third kappa shape index (κ3) is 0.660. The van der Waals surface area contributed by atoms with Crippen LogP contribution in [0.1, 0.15) is 39.5 Å². The molecular formula is C11H16O2. The SMILES string of the molecule is CC12CC(=O)O[C@H]3CC1CC[C@]32C. The second kappa shape index (κ2) is 1.94. The molecule has 13 heavy (non-hydrogen) atoms. The van der Waals surface area contributed by atoms with Gasteiger partial charge >= 0.3 is 5.97 Å². The van der Waals surface area contributed by atoms with Gasteiger partial charge in [0.2, 0.25) is 0 Å². The molecule has 1 aliphatic heterocycles. The quantitative estimate of drug-likeness (QED) is 0.534. The number of carbonyl (C=O) groups is 1. The Morgan fingerprint density at radius 1 is 1.38 bits per heavy atom. The molecule has 2 nitrogen and oxygen atoms in total. The minimum absolute atomic E-state index is 0.0365. The molecule has 0 aromatic rings. The number of hydrogen-bond donors (Lipinski definition) is 0. The molecule has 2 saturated carbocycles. The minimum Gasteiger partial charge on any atom is -0.462 e. The number of ether oxygens (including phenoxy) is 1. The maximum absolute atomic E-state index is 11.4. The Morgan fingerprint density at radius 3 is 2.85 bits per heavy atom. The van der Waals surface area contributed by atoms with Crippen molar-refractivity contribution in [1.82, 2.24) is 0 Å². The molecule has 0 radical (unpaired) electrons. The van der Waals surface area contributed by atoms with Crippen LogP contribution in [0.5, 0.6) is 0 Å². The van der Waals surface area contributed by atoms with Crippen molar-refractivity contribution in [3.8, 4) is 0 Å². The Morgan fingerprint density at radius 2 is 2.15 bits per heavy atom. The van der Waals surface area contributed by atoms with E-state index in [2.05, 4.69) is 13.8 Å². The van der Waals surface area contributed by atoms with Gasteiger partial charge in [-0.25, -0.2) is 0 Å². The second-order valence-electron chi connectivity index (χ2n) is 5.46. The van der Waals surface area contributed by atoms with Gasteiger partial charge in [-0.05, 0) is 30.6 Å². The third-order valence-corrected chi connectivity index (χ3v) is 5.21. The molecule has 4 bridgehead atoms. The molecule has 0 amide bonds. The first-order chi connectivity index (χ1) is 6.06. The molecule has 3 rings (SSSR count). The Kier molecular flexibility index (Phi) is 1.17. The maximum atomic E-state index is 11.4. The molecular weight excluding hydrogens is 164 g/mol. The van der Waals surface area contributed by atoms with E-state index in [1.165, 1.54) is 12.8 Å². The zero-order valence-corrected chi connectivity index (χ0v) is 8.30. The molecule has 0 aromatic heterocycles. The number of hydrogen-bond acceptors (Lipinski definition) is 2. The summed E-state index contributed by atoms with van der Waals surface area (Å²) < 4.78 is 5.44. The molecule has 2 unspecified atom stereocenters. The van der Waals surface area contributed by atoms with E-state index in [4.69, 9.17) is 4.74 Å². The van der Waals surface area contributed by atoms with E-state index in [9.17, 15) is 4.79 Å². The van der Waals surface area contributed by atoms with Gasteiger partial charge in [0.25, 0.3) is 0 Å². The van der Waals surface area contributed by atoms with Gasteiger partial charge in [-0.3, -0.25) is 4.79 Å². The molecule has 0 N–H and O–H groups in total. The van der Waals surface area contributed by atoms with Crippen LogP contribution >= 0.6 is 0 Å². The lowest BCUT2D eigenvalue weighted by atomic mass is 9.65. The van der Waals surface area contributed by atoms with Crippen molar-refractivity contribution in [2.45, 2.75) is 45.6 Å². The van der Waals surface area contributed by atoms with Gasteiger partial charge in [0.05, 0.1) is 6.42 Å². The fourth-order valence-electron chi connectivity index (χ4n) is 3.99. The first kappa shape index (κ1) is 7.84. The fraction of sp³-hybridized carbons (Fsp3) is 0.909. The number of rotatable bonds is 0. The van der Waals surface area contributed by atoms with E-state index in [0.29, 0.717) is 11.8 Å². The summed E-state index contributed by atoms with van der Waals surface area (Å²) in [4.78, 5) is 11.4. The van der Waals surface area contributed by atoms with Crippen LogP contribution < -0.4 is 0 Å². The number of carbonyl (C=O) groups excluding carboxylic acids is 1. The molecule has 3 fully saturated rings. The summed E-state index contributed by atoms with van der Waals surface area (Å²) in [6.45, 7) is 4.61. The number of esters is 1. The average molecular weight is 180 g/mol. The van der Waals surface area contributed by atoms with Crippen LogP contribution in [0.15, 0.2) is 0 Å². The smallest absolute Gasteiger partial charge is 0.306 e. The van der Waals surface area contributed by atoms with E-state index in [1.807, 2.05) is 0 Å². The molecule has 1 heterocycles. The molecule has 4 atom stereocenters. The molecule has 1 saturated heterocycles. The summed E-state index contributed by atoms with van der Waals surface area (Å²) in [7, 11) is 0. The van der Waals surface area contributed by atoms with Crippen LogP contribution in [-0.4, -0.2) is 12.1 Å². The van der Waals surface area contributed by atoms with E-state index in [-0.39, 0.29) is 17.5 Å². The van der Waals surface area contributed by atoms with Gasteiger partial charge in [-0.15, -0.1) is 0 Å². The normalized spacial score (nSPS) is 58.2. The first-order valence-corrected chi connectivity index (χ1v) is 5.26. The van der Waals surface area contributed by atoms with E-state index in [1.54, 1.807) is 0 Å². The van der Waals surface area contributed by atoms with Crippen molar-refractivity contribution >= 4 is 5.97 Å². The molecule has 3 aliphatic rings. The van der Waals surface area contributed by atoms with Crippen LogP contribution in [0.3, 0.4) is 0 Å². The topological polar surface area (TPSA) is 26.3 Å². The van der Waals surface area contributed by atoms with Crippen molar-refractivity contribution < 1.29 is 9.53 Å². The van der Waals surface area contributed by atoms with Gasteiger partial charge < -0.3 is 4.74 Å². The van der Waals surface area contributed by atoms with Gasteiger partial charge in [-0.2, -0.15) is 0 Å². The van der Waals surface area contributed by atoms with Gasteiger partial charge in [0, 0.05) is 5.41 Å². The first-order valence-electron chi connectivity index (χ1n) is 5.26. The van der Waals surface area contributed by atoms with Crippen LogP contribution in [0.25, 0.3) is 0 Å². The lowest BCUT2D eigenvalue weighted by Crippen LogP contribution is -2.45. The third-order valence-electron chi connectivity index (χ3n) is 5.21. The summed E-state index contributed by atoms with van der Waals surface area (Å²) in [5.74, 6) is 0.781. The Bertz CT molecular complexity index is 286. The highest BCUT2D eigenvalue weighted by molar-refractivity contribution is 5.72. The summed E-state index contributed by atoms with van der Waals surface area (Å²) in [5, 5.41) is 0. The monoisotopic (exact) mass is 180 g/mol. The summed E-state index contributed by atoms with van der Waals surface area (Å²) in [5.41, 5.74) is 0.554. The molecule has 2 heteroatoms. The lowest BCUT2D eigenvalue weighted by Gasteiger charge is -2.44. The average Bonchev–Trinajstić information content (AvgIpc) is 2.35. The summed E-state index contributed by atoms with van der Waals surface area (Å²) >= 11 is 0. The summed E-state index contributed by atoms with van der Waals surface area (Å²) in [6, 6.07) is 0. The fourth-order valence-corrected chi connectivity index (χ4v) is 3.99. The summed E-state index contributed by atoms with van der Waals surface area (Å²) in [6.07, 6.45) is 4.58. The zero-order valence-electron chi connectivity index (χ0n) is 8.30. The van der Waals surface area contributed by atoms with Crippen molar-refractivity contribution in [3.05, 3.63) is 0 Å². The largest absolute Gasteiger partial charge is 0.462 e. The van der Waals surface area contributed by atoms with Crippen molar-refractivity contribution in [2.24, 2.45) is 16.7 Å². The van der Waals surface area contributed by atoms with Crippen molar-refractivity contribution in [2.75, 3.05) is 0 Å². The Labute approximate surface area is 78.6 Å². The van der Waals surface area contributed by atoms with Gasteiger partial charge in [0.15, 0.2) is 0 Å². The van der Waals surface area contributed by atoms with Crippen molar-refractivity contribution in [1.29, 1.82) is 0 Å². The van der Waals surface area contributed by atoms with Crippen LogP contribution in [0.4, 0.5) is 0 Å². The minimum atomic E-state index is 0.0365. The highest BCUT2D eigenvalue weighted by Crippen LogP contribution is 2.69. The Balaban J connectivity index is 2.11.